The van der Waals surface area contributed by atoms with Gasteiger partial charge in [0.05, 0.1) is 5.69 Å². The second-order valence-corrected chi connectivity index (χ2v) is 6.73. The summed E-state index contributed by atoms with van der Waals surface area (Å²) in [5.74, 6) is -0.326. The van der Waals surface area contributed by atoms with Crippen molar-refractivity contribution in [1.29, 1.82) is 0 Å². The number of hydrogen-bond acceptors (Lipinski definition) is 6. The fourth-order valence-corrected chi connectivity index (χ4v) is 2.87. The average Bonchev–Trinajstić information content (AvgIpc) is 2.75. The minimum Gasteiger partial charge on any atom is -0.508 e. The van der Waals surface area contributed by atoms with Crippen molar-refractivity contribution in [2.45, 2.75) is 6.92 Å². The number of nitrogens with one attached hydrogen (secondary N) is 2. The summed E-state index contributed by atoms with van der Waals surface area (Å²) < 4.78 is 5.80. The number of carbonyl (C=O) groups excluding carboxylic acids is 1. The first-order valence-electron chi connectivity index (χ1n) is 9.22. The number of nitrogens with zero attached hydrogens (tertiary/aromatic N) is 1. The van der Waals surface area contributed by atoms with Crippen molar-refractivity contribution in [2.24, 2.45) is 5.10 Å². The molecule has 4 rings (SSSR count). The maximum absolute atomic E-state index is 13.0. The number of hydrogen-bond donors (Lipinski definition) is 4. The number of fused-ring (bicyclic) bond motifs is 1. The van der Waals surface area contributed by atoms with Crippen molar-refractivity contribution >= 4 is 28.3 Å². The summed E-state index contributed by atoms with van der Waals surface area (Å²) in [5.41, 5.74) is 5.35. The highest BCUT2D eigenvalue weighted by atomic mass is 16.3. The highest BCUT2D eigenvalue weighted by molar-refractivity contribution is 6.05. The molecular weight excluding hydrogens is 382 g/mol. The molecule has 0 aliphatic rings. The highest BCUT2D eigenvalue weighted by Gasteiger charge is 2.14. The summed E-state index contributed by atoms with van der Waals surface area (Å²) in [6.07, 6.45) is 0. The van der Waals surface area contributed by atoms with Crippen LogP contribution in [0.4, 0.5) is 11.4 Å². The van der Waals surface area contributed by atoms with Crippen molar-refractivity contribution in [1.82, 2.24) is 0 Å². The number of para-hydroxylation sites is 1. The van der Waals surface area contributed by atoms with E-state index in [9.17, 15) is 15.0 Å². The predicted octanol–water partition coefficient (Wildman–Crippen LogP) is 4.33. The van der Waals surface area contributed by atoms with Crippen LogP contribution in [0, 0.1) is 6.92 Å². The summed E-state index contributed by atoms with van der Waals surface area (Å²) in [7, 11) is 0. The first kappa shape index (κ1) is 19.1. The summed E-state index contributed by atoms with van der Waals surface area (Å²) in [5, 5.41) is 27.3. The van der Waals surface area contributed by atoms with E-state index in [-0.39, 0.29) is 22.6 Å². The van der Waals surface area contributed by atoms with Gasteiger partial charge in [-0.25, -0.2) is 0 Å². The van der Waals surface area contributed by atoms with E-state index in [2.05, 4.69) is 15.8 Å². The van der Waals surface area contributed by atoms with Crippen LogP contribution in [-0.4, -0.2) is 16.1 Å². The molecule has 0 radical (unpaired) electrons. The maximum atomic E-state index is 13.0. The van der Waals surface area contributed by atoms with Crippen molar-refractivity contribution in [3.8, 4) is 11.5 Å². The van der Waals surface area contributed by atoms with Gasteiger partial charge in [-0.15, -0.1) is 5.10 Å². The van der Waals surface area contributed by atoms with Gasteiger partial charge in [0.2, 0.25) is 5.55 Å². The monoisotopic (exact) mass is 401 g/mol. The fraction of sp³-hybridized carbons (Fsp3) is 0.0435. The van der Waals surface area contributed by atoms with Gasteiger partial charge in [-0.1, -0.05) is 24.3 Å². The van der Waals surface area contributed by atoms with Gasteiger partial charge < -0.3 is 19.9 Å². The minimum atomic E-state index is -0.453. The van der Waals surface area contributed by atoms with Crippen LogP contribution in [0.3, 0.4) is 0 Å². The third kappa shape index (κ3) is 4.10. The molecule has 4 N–H and O–H groups in total. The fourth-order valence-electron chi connectivity index (χ4n) is 2.87. The highest BCUT2D eigenvalue weighted by Crippen LogP contribution is 2.22. The summed E-state index contributed by atoms with van der Waals surface area (Å²) in [6, 6.07) is 20.4. The number of phenols is 2. The topological polar surface area (TPSA) is 107 Å². The Balaban J connectivity index is 1.76. The zero-order valence-corrected chi connectivity index (χ0v) is 16.1. The Bertz CT molecular complexity index is 1300. The van der Waals surface area contributed by atoms with Crippen LogP contribution in [0.1, 0.15) is 15.9 Å². The van der Waals surface area contributed by atoms with Gasteiger partial charge in [-0.2, -0.15) is 0 Å². The average molecular weight is 401 g/mol. The second-order valence-electron chi connectivity index (χ2n) is 6.73. The lowest BCUT2D eigenvalue weighted by atomic mass is 10.1. The molecule has 0 saturated carbocycles. The summed E-state index contributed by atoms with van der Waals surface area (Å²) in [6.45, 7) is 1.77. The van der Waals surface area contributed by atoms with Crippen molar-refractivity contribution in [3.05, 3.63) is 89.5 Å². The molecular formula is C23H19N3O4. The molecule has 0 aliphatic heterocycles. The predicted molar refractivity (Wildman–Crippen MR) is 114 cm³/mol. The summed E-state index contributed by atoms with van der Waals surface area (Å²) in [4.78, 5) is 13.0. The molecule has 150 valence electrons. The number of aryl methyl sites for hydroxylation is 1. The molecule has 1 aromatic heterocycles. The first-order valence-corrected chi connectivity index (χ1v) is 9.22. The van der Waals surface area contributed by atoms with Gasteiger partial charge in [-0.3, -0.25) is 10.2 Å². The van der Waals surface area contributed by atoms with Crippen LogP contribution in [0.2, 0.25) is 0 Å². The Hall–Kier alpha value is -4.26. The van der Waals surface area contributed by atoms with Crippen molar-refractivity contribution < 1.29 is 19.4 Å². The Morgan fingerprint density at radius 1 is 0.933 bits per heavy atom. The van der Waals surface area contributed by atoms with Crippen LogP contribution in [0.15, 0.2) is 82.3 Å². The molecule has 0 atom stereocenters. The Morgan fingerprint density at radius 2 is 1.73 bits per heavy atom. The number of carbonyl (C=O) groups is 1. The van der Waals surface area contributed by atoms with Gasteiger partial charge >= 0.3 is 0 Å². The van der Waals surface area contributed by atoms with E-state index in [4.69, 9.17) is 4.42 Å². The van der Waals surface area contributed by atoms with Crippen molar-refractivity contribution in [3.63, 3.8) is 0 Å². The number of anilines is 2. The molecule has 0 unspecified atom stereocenters. The lowest BCUT2D eigenvalue weighted by Crippen LogP contribution is -2.22. The Labute approximate surface area is 171 Å². The number of phenolic OH excluding ortho intramolecular Hbond substituents is 2. The number of amides is 1. The maximum Gasteiger partial charge on any atom is 0.261 e. The normalized spacial score (nSPS) is 11.4. The van der Waals surface area contributed by atoms with Gasteiger partial charge in [-0.05, 0) is 48.9 Å². The quantitative estimate of drug-likeness (QED) is 0.381. The van der Waals surface area contributed by atoms with Crippen LogP contribution in [0.5, 0.6) is 11.5 Å². The van der Waals surface area contributed by atoms with Crippen LogP contribution in [0.25, 0.3) is 11.0 Å². The van der Waals surface area contributed by atoms with E-state index in [1.807, 2.05) is 30.3 Å². The SMILES string of the molecule is Cc1ccc(NC(=O)c2cc3ccc(O)cc3oc2=NNc2ccccc2)cc1O. The standard InChI is InChI=1S/C23H19N3O4/c1-14-7-9-17(12-20(14)28)24-22(29)19-11-15-8-10-18(27)13-21(15)30-23(19)26-25-16-5-3-2-4-6-16/h2-13,25,27-28H,1H3,(H,24,29). The third-order valence-electron chi connectivity index (χ3n) is 4.51. The Kier molecular flexibility index (Phi) is 5.09. The zero-order valence-electron chi connectivity index (χ0n) is 16.1. The lowest BCUT2D eigenvalue weighted by Gasteiger charge is -2.08. The van der Waals surface area contributed by atoms with E-state index in [0.717, 1.165) is 5.69 Å². The second kappa shape index (κ2) is 8.00. The number of benzene rings is 3. The molecule has 30 heavy (non-hydrogen) atoms. The zero-order chi connectivity index (χ0) is 21.1. The van der Waals surface area contributed by atoms with E-state index >= 15 is 0 Å². The molecule has 0 aliphatic carbocycles. The van der Waals surface area contributed by atoms with E-state index < -0.39 is 5.91 Å². The molecule has 7 heteroatoms. The molecule has 0 fully saturated rings. The summed E-state index contributed by atoms with van der Waals surface area (Å²) >= 11 is 0. The molecule has 0 saturated heterocycles. The lowest BCUT2D eigenvalue weighted by molar-refractivity contribution is 0.102. The molecule has 1 heterocycles. The smallest absolute Gasteiger partial charge is 0.261 e. The van der Waals surface area contributed by atoms with Gasteiger partial charge in [0, 0.05) is 23.2 Å². The van der Waals surface area contributed by atoms with Gasteiger partial charge in [0.15, 0.2) is 0 Å². The van der Waals surface area contributed by atoms with Crippen LogP contribution in [-0.2, 0) is 0 Å². The first-order chi connectivity index (χ1) is 14.5. The van der Waals surface area contributed by atoms with E-state index in [0.29, 0.717) is 22.2 Å². The Morgan fingerprint density at radius 3 is 2.50 bits per heavy atom. The largest absolute Gasteiger partial charge is 0.508 e. The molecule has 0 bridgehead atoms. The van der Waals surface area contributed by atoms with Crippen molar-refractivity contribution in [2.75, 3.05) is 10.7 Å². The number of rotatable bonds is 4. The minimum absolute atomic E-state index is 0.0422. The van der Waals surface area contributed by atoms with Crippen LogP contribution >= 0.6 is 0 Å². The third-order valence-corrected chi connectivity index (χ3v) is 4.51. The molecule has 1 amide bonds. The van der Waals surface area contributed by atoms with E-state index in [1.165, 1.54) is 18.2 Å². The number of aromatic hydroxyl groups is 2. The van der Waals surface area contributed by atoms with E-state index in [1.54, 1.807) is 31.2 Å². The van der Waals surface area contributed by atoms with Crippen LogP contribution < -0.4 is 16.3 Å². The van der Waals surface area contributed by atoms with Gasteiger partial charge in [0.1, 0.15) is 22.6 Å². The molecule has 0 spiro atoms. The van der Waals surface area contributed by atoms with Gasteiger partial charge in [0.25, 0.3) is 5.91 Å². The molecule has 4 aromatic rings. The molecule has 7 nitrogen and oxygen atoms in total. The molecule has 3 aromatic carbocycles.